The molecule has 0 saturated carbocycles. The van der Waals surface area contributed by atoms with Crippen LogP contribution in [0, 0.1) is 5.92 Å². The van der Waals surface area contributed by atoms with Gasteiger partial charge < -0.3 is 15.0 Å². The number of hydrogen-bond donors (Lipinski definition) is 1. The van der Waals surface area contributed by atoms with Gasteiger partial charge >= 0.3 is 5.97 Å². The van der Waals surface area contributed by atoms with Crippen LogP contribution in [0.3, 0.4) is 0 Å². The van der Waals surface area contributed by atoms with Crippen molar-refractivity contribution in [1.29, 1.82) is 0 Å². The van der Waals surface area contributed by atoms with Gasteiger partial charge in [0, 0.05) is 38.3 Å². The Morgan fingerprint density at radius 2 is 2.04 bits per heavy atom. The van der Waals surface area contributed by atoms with Crippen LogP contribution >= 0.6 is 24.0 Å². The molecule has 1 N–H and O–H groups in total. The van der Waals surface area contributed by atoms with E-state index in [4.69, 9.17) is 4.74 Å². The largest absolute Gasteiger partial charge is 0.469 e. The monoisotopic (exact) mass is 482 g/mol. The quantitative estimate of drug-likeness (QED) is 0.314. The molecule has 0 aliphatic carbocycles. The van der Waals surface area contributed by atoms with E-state index in [2.05, 4.69) is 44.5 Å². The predicted octanol–water partition coefficient (Wildman–Crippen LogP) is 2.86. The lowest BCUT2D eigenvalue weighted by atomic mass is 9.97. The van der Waals surface area contributed by atoms with Crippen molar-refractivity contribution in [1.82, 2.24) is 15.2 Å². The summed E-state index contributed by atoms with van der Waals surface area (Å²) in [6.07, 6.45) is 4.33. The van der Waals surface area contributed by atoms with Crippen LogP contribution in [0.25, 0.3) is 10.9 Å². The lowest BCUT2D eigenvalue weighted by molar-refractivity contribution is -0.146. The van der Waals surface area contributed by atoms with E-state index in [1.165, 1.54) is 18.1 Å². The summed E-state index contributed by atoms with van der Waals surface area (Å²) in [5, 5.41) is 4.61. The summed E-state index contributed by atoms with van der Waals surface area (Å²) in [6, 6.07) is 10.3. The Morgan fingerprint density at radius 1 is 1.30 bits per heavy atom. The number of aliphatic imine (C=N–C) groups is 1. The van der Waals surface area contributed by atoms with E-state index in [1.807, 2.05) is 12.3 Å². The van der Waals surface area contributed by atoms with Gasteiger partial charge in [0.1, 0.15) is 0 Å². The molecule has 7 heteroatoms. The molecule has 0 bridgehead atoms. The minimum Gasteiger partial charge on any atom is -0.469 e. The van der Waals surface area contributed by atoms with Crippen molar-refractivity contribution < 1.29 is 9.53 Å². The van der Waals surface area contributed by atoms with Crippen LogP contribution in [0.5, 0.6) is 0 Å². The molecule has 1 aliphatic rings. The van der Waals surface area contributed by atoms with Gasteiger partial charge in [-0.25, -0.2) is 0 Å². The number of fused-ring (bicyclic) bond motifs is 1. The Kier molecular flexibility index (Phi) is 8.27. The molecule has 1 aliphatic heterocycles. The number of ether oxygens (including phenoxy) is 1. The molecule has 0 spiro atoms. The number of nitrogens with zero attached hydrogens (tertiary/aromatic N) is 3. The van der Waals surface area contributed by atoms with Gasteiger partial charge in [-0.2, -0.15) is 0 Å². The molecule has 2 heterocycles. The lowest BCUT2D eigenvalue weighted by Gasteiger charge is -2.33. The van der Waals surface area contributed by atoms with Crippen LogP contribution in [-0.4, -0.2) is 55.6 Å². The van der Waals surface area contributed by atoms with Gasteiger partial charge in [-0.15, -0.1) is 24.0 Å². The fraction of sp³-hybridized carbons (Fsp3) is 0.450. The zero-order valence-electron chi connectivity index (χ0n) is 15.9. The second-order valence-electron chi connectivity index (χ2n) is 6.50. The highest BCUT2D eigenvalue weighted by atomic mass is 127. The van der Waals surface area contributed by atoms with Crippen LogP contribution in [0.4, 0.5) is 0 Å². The third-order valence-corrected chi connectivity index (χ3v) is 4.93. The van der Waals surface area contributed by atoms with E-state index in [0.29, 0.717) is 0 Å². The molecule has 2 aromatic rings. The zero-order chi connectivity index (χ0) is 18.4. The molecular weight excluding hydrogens is 455 g/mol. The van der Waals surface area contributed by atoms with Crippen molar-refractivity contribution in [3.05, 3.63) is 42.1 Å². The third kappa shape index (κ3) is 5.31. The average Bonchev–Trinajstić information content (AvgIpc) is 2.71. The molecule has 3 rings (SSSR count). The minimum atomic E-state index is -0.101. The summed E-state index contributed by atoms with van der Waals surface area (Å²) >= 11 is 0. The molecule has 1 fully saturated rings. The number of carbonyl (C=O) groups excluding carboxylic acids is 1. The van der Waals surface area contributed by atoms with Crippen LogP contribution in [0.15, 0.2) is 41.5 Å². The van der Waals surface area contributed by atoms with Crippen molar-refractivity contribution in [2.24, 2.45) is 10.9 Å². The van der Waals surface area contributed by atoms with E-state index in [1.54, 1.807) is 7.05 Å². The molecule has 0 atom stereocenters. The lowest BCUT2D eigenvalue weighted by Crippen LogP contribution is -2.47. The smallest absolute Gasteiger partial charge is 0.308 e. The Balaban J connectivity index is 0.00000261. The highest BCUT2D eigenvalue weighted by Gasteiger charge is 2.26. The normalized spacial score (nSPS) is 15.3. The fourth-order valence-corrected chi connectivity index (χ4v) is 3.50. The summed E-state index contributed by atoms with van der Waals surface area (Å²) in [5.41, 5.74) is 2.29. The molecule has 146 valence electrons. The maximum atomic E-state index is 11.7. The van der Waals surface area contributed by atoms with Crippen LogP contribution in [-0.2, 0) is 16.0 Å². The van der Waals surface area contributed by atoms with Crippen molar-refractivity contribution in [2.75, 3.05) is 33.8 Å². The summed E-state index contributed by atoms with van der Waals surface area (Å²) in [4.78, 5) is 22.8. The van der Waals surface area contributed by atoms with Gasteiger partial charge in [-0.3, -0.25) is 14.8 Å². The van der Waals surface area contributed by atoms with Gasteiger partial charge in [0.2, 0.25) is 0 Å². The van der Waals surface area contributed by atoms with Gasteiger partial charge in [0.15, 0.2) is 5.96 Å². The molecule has 0 unspecified atom stereocenters. The predicted molar refractivity (Wildman–Crippen MR) is 119 cm³/mol. The summed E-state index contributed by atoms with van der Waals surface area (Å²) in [6.45, 7) is 2.42. The number of esters is 1. The van der Waals surface area contributed by atoms with Crippen LogP contribution < -0.4 is 5.32 Å². The van der Waals surface area contributed by atoms with Crippen molar-refractivity contribution in [3.8, 4) is 0 Å². The van der Waals surface area contributed by atoms with Gasteiger partial charge in [0.25, 0.3) is 0 Å². The van der Waals surface area contributed by atoms with Crippen LogP contribution in [0.2, 0.25) is 0 Å². The van der Waals surface area contributed by atoms with E-state index < -0.39 is 0 Å². The van der Waals surface area contributed by atoms with E-state index in [-0.39, 0.29) is 35.9 Å². The molecule has 0 radical (unpaired) electrons. The topological polar surface area (TPSA) is 66.8 Å². The second kappa shape index (κ2) is 10.4. The number of pyridine rings is 1. The highest BCUT2D eigenvalue weighted by Crippen LogP contribution is 2.19. The summed E-state index contributed by atoms with van der Waals surface area (Å²) < 4.78 is 4.85. The number of benzene rings is 1. The maximum absolute atomic E-state index is 11.7. The Labute approximate surface area is 177 Å². The van der Waals surface area contributed by atoms with E-state index in [0.717, 1.165) is 50.4 Å². The fourth-order valence-electron chi connectivity index (χ4n) is 3.50. The van der Waals surface area contributed by atoms with Gasteiger partial charge in [-0.05, 0) is 30.9 Å². The molecule has 0 amide bonds. The Bertz CT molecular complexity index is 783. The number of methoxy groups -OCH3 is 1. The number of rotatable bonds is 4. The first-order valence-corrected chi connectivity index (χ1v) is 9.09. The van der Waals surface area contributed by atoms with Crippen molar-refractivity contribution in [2.45, 2.75) is 19.3 Å². The number of hydrogen-bond acceptors (Lipinski definition) is 4. The molecular formula is C20H27IN4O2. The number of guanidine groups is 1. The second-order valence-corrected chi connectivity index (χ2v) is 6.50. The molecule has 6 nitrogen and oxygen atoms in total. The number of nitrogens with one attached hydrogen (secondary N) is 1. The Morgan fingerprint density at radius 3 is 2.74 bits per heavy atom. The van der Waals surface area contributed by atoms with Crippen molar-refractivity contribution >= 4 is 46.8 Å². The first-order valence-electron chi connectivity index (χ1n) is 9.09. The number of carbonyl (C=O) groups is 1. The number of piperidine rings is 1. The first-order chi connectivity index (χ1) is 12.7. The van der Waals surface area contributed by atoms with Crippen LogP contribution in [0.1, 0.15) is 18.4 Å². The van der Waals surface area contributed by atoms with Gasteiger partial charge in [0.05, 0.1) is 18.5 Å². The summed E-state index contributed by atoms with van der Waals surface area (Å²) in [7, 11) is 3.26. The minimum absolute atomic E-state index is 0. The molecule has 1 aromatic carbocycles. The first kappa shape index (κ1) is 21.4. The third-order valence-electron chi connectivity index (χ3n) is 4.93. The molecule has 1 aromatic heterocycles. The van der Waals surface area contributed by atoms with E-state index in [9.17, 15) is 4.79 Å². The number of halogens is 1. The van der Waals surface area contributed by atoms with Crippen molar-refractivity contribution in [3.63, 3.8) is 0 Å². The number of para-hydroxylation sites is 1. The Hall–Kier alpha value is -1.90. The number of likely N-dealkylation sites (tertiary alicyclic amines) is 1. The standard InChI is InChI=1S/C20H26N4O2.HI/c1-21-20(24-13-9-17(10-14-24)19(25)26-2)23-12-8-16-6-3-5-15-7-4-11-22-18(15)16;/h3-7,11,17H,8-10,12-14H2,1-2H3,(H,21,23);1H. The van der Waals surface area contributed by atoms with Gasteiger partial charge in [-0.1, -0.05) is 24.3 Å². The average molecular weight is 482 g/mol. The molecule has 1 saturated heterocycles. The SMILES string of the molecule is CN=C(NCCc1cccc2cccnc12)N1CCC(C(=O)OC)CC1.I. The highest BCUT2D eigenvalue weighted by molar-refractivity contribution is 14.0. The zero-order valence-corrected chi connectivity index (χ0v) is 18.2. The number of aromatic nitrogens is 1. The molecule has 27 heavy (non-hydrogen) atoms. The maximum Gasteiger partial charge on any atom is 0.308 e. The summed E-state index contributed by atoms with van der Waals surface area (Å²) in [5.74, 6) is 0.800. The van der Waals surface area contributed by atoms with E-state index >= 15 is 0 Å².